The number of phenolic OH excluding ortho intramolecular Hbond substituents is 1. The predicted octanol–water partition coefficient (Wildman–Crippen LogP) is 8.28. The summed E-state index contributed by atoms with van der Waals surface area (Å²) in [5.41, 5.74) is 2.99. The van der Waals surface area contributed by atoms with Crippen LogP contribution in [0.2, 0.25) is 0 Å². The highest BCUT2D eigenvalue weighted by atomic mass is 79.9. The van der Waals surface area contributed by atoms with E-state index in [2.05, 4.69) is 73.1 Å². The van der Waals surface area contributed by atoms with Crippen LogP contribution in [0.3, 0.4) is 0 Å². The van der Waals surface area contributed by atoms with Crippen molar-refractivity contribution in [3.8, 4) is 5.75 Å². The molecule has 0 aliphatic rings. The number of carbonyl (C=O) groups excluding carboxylic acids is 3. The van der Waals surface area contributed by atoms with E-state index in [0.717, 1.165) is 36.7 Å². The largest absolute Gasteiger partial charge is 0.508 e. The molecule has 0 fully saturated rings. The first kappa shape index (κ1) is 36.3. The van der Waals surface area contributed by atoms with Crippen LogP contribution in [-0.4, -0.2) is 67.0 Å². The molecular weight excluding hydrogens is 822 g/mol. The van der Waals surface area contributed by atoms with Crippen LogP contribution in [0.5, 0.6) is 5.75 Å². The van der Waals surface area contributed by atoms with Crippen LogP contribution in [0.15, 0.2) is 60.9 Å². The number of thiazole rings is 2. The molecule has 0 unspecified atom stereocenters. The van der Waals surface area contributed by atoms with Gasteiger partial charge in [-0.1, -0.05) is 60.6 Å². The van der Waals surface area contributed by atoms with Crippen molar-refractivity contribution in [2.45, 2.75) is 55.7 Å². The van der Waals surface area contributed by atoms with Gasteiger partial charge in [0.2, 0.25) is 5.91 Å². The van der Waals surface area contributed by atoms with Crippen molar-refractivity contribution in [1.29, 1.82) is 0 Å². The maximum atomic E-state index is 12.7. The molecule has 0 saturated carbocycles. The first-order valence-electron chi connectivity index (χ1n) is 15.5. The third kappa shape index (κ3) is 7.75. The molecule has 0 radical (unpaired) electrons. The number of aromatic hydroxyl groups is 1. The Hall–Kier alpha value is -4.45. The van der Waals surface area contributed by atoms with Crippen molar-refractivity contribution in [2.24, 2.45) is 0 Å². The minimum absolute atomic E-state index is 0.140. The van der Waals surface area contributed by atoms with Crippen LogP contribution in [0.4, 0.5) is 16.0 Å². The second-order valence-electron chi connectivity index (χ2n) is 13.1. The van der Waals surface area contributed by atoms with Gasteiger partial charge in [-0.15, -0.1) is 0 Å². The maximum Gasteiger partial charge on any atom is 0.263 e. The minimum Gasteiger partial charge on any atom is -0.508 e. The molecule has 51 heavy (non-hydrogen) atoms. The Balaban J connectivity index is 0.000000176. The lowest BCUT2D eigenvalue weighted by Gasteiger charge is -2.25. The Labute approximate surface area is 316 Å². The number of halogens is 2. The number of rotatable bonds is 7. The summed E-state index contributed by atoms with van der Waals surface area (Å²) in [7, 11) is 0. The summed E-state index contributed by atoms with van der Waals surface area (Å²) in [6, 6.07) is 14.1. The normalized spacial score (nSPS) is 12.2. The van der Waals surface area contributed by atoms with E-state index in [4.69, 9.17) is 0 Å². The number of benzene rings is 3. The van der Waals surface area contributed by atoms with E-state index in [0.29, 0.717) is 21.5 Å². The Morgan fingerprint density at radius 1 is 0.804 bits per heavy atom. The van der Waals surface area contributed by atoms with E-state index >= 15 is 0 Å². The molecule has 0 aliphatic carbocycles. The Morgan fingerprint density at radius 2 is 1.43 bits per heavy atom. The van der Waals surface area contributed by atoms with Crippen LogP contribution in [0.1, 0.15) is 46.3 Å². The number of H-pyrrole nitrogens is 1. The van der Waals surface area contributed by atoms with Gasteiger partial charge in [0.05, 0.1) is 48.2 Å². The Morgan fingerprint density at radius 3 is 2.06 bits per heavy atom. The molecule has 0 spiro atoms. The van der Waals surface area contributed by atoms with E-state index in [1.165, 1.54) is 27.4 Å². The molecule has 0 saturated heterocycles. The van der Waals surface area contributed by atoms with Crippen LogP contribution < -0.4 is 16.0 Å². The number of phenols is 1. The van der Waals surface area contributed by atoms with Crippen molar-refractivity contribution >= 4 is 130 Å². The Bertz CT molecular complexity index is 2450. The third-order valence-corrected chi connectivity index (χ3v) is 10.4. The fourth-order valence-electron chi connectivity index (χ4n) is 4.91. The molecule has 3 aromatic carbocycles. The first-order valence-corrected chi connectivity index (χ1v) is 18.8. The summed E-state index contributed by atoms with van der Waals surface area (Å²) >= 11 is 9.49. The molecule has 13 nitrogen and oxygen atoms in total. The number of carbonyl (C=O) groups is 3. The fraction of sp³-hybridized carbons (Fsp3) is 0.265. The van der Waals surface area contributed by atoms with Crippen molar-refractivity contribution in [2.75, 3.05) is 16.0 Å². The number of hydrogen-bond acceptors (Lipinski definition) is 11. The van der Waals surface area contributed by atoms with Gasteiger partial charge >= 0.3 is 0 Å². The van der Waals surface area contributed by atoms with Gasteiger partial charge in [-0.25, -0.2) is 9.97 Å². The molecule has 4 heterocycles. The van der Waals surface area contributed by atoms with E-state index < -0.39 is 14.2 Å². The Kier molecular flexibility index (Phi) is 9.69. The number of aromatic amines is 1. The number of nitrogens with zero attached hydrogens (tertiary/aromatic N) is 5. The number of amides is 2. The highest BCUT2D eigenvalue weighted by Gasteiger charge is 2.30. The zero-order valence-electron chi connectivity index (χ0n) is 28.3. The average molecular weight is 856 g/mol. The van der Waals surface area contributed by atoms with Crippen LogP contribution in [-0.2, 0) is 9.59 Å². The SMILES string of the molecule is CC(C)(Br)C(=O)Nc1nc2ccc3c(cnn3C(=O)C(C)(C)Br)c2s1.CC(C)(Nc1cccc(O)c1)C(=O)Nc1nc2ccc3[nH]ncc3c2s1. The fourth-order valence-corrected chi connectivity index (χ4v) is 7.12. The molecule has 264 valence electrons. The van der Waals surface area contributed by atoms with Crippen molar-refractivity contribution in [3.05, 3.63) is 60.9 Å². The molecule has 4 aromatic heterocycles. The molecule has 0 bridgehead atoms. The van der Waals surface area contributed by atoms with Crippen molar-refractivity contribution in [3.63, 3.8) is 0 Å². The highest BCUT2D eigenvalue weighted by molar-refractivity contribution is 9.10. The summed E-state index contributed by atoms with van der Waals surface area (Å²) in [5.74, 6) is -0.402. The van der Waals surface area contributed by atoms with Gasteiger partial charge in [-0.05, 0) is 77.9 Å². The smallest absolute Gasteiger partial charge is 0.263 e. The van der Waals surface area contributed by atoms with Gasteiger partial charge in [-0.3, -0.25) is 24.8 Å². The second kappa shape index (κ2) is 13.6. The zero-order chi connectivity index (χ0) is 36.9. The predicted molar refractivity (Wildman–Crippen MR) is 212 cm³/mol. The molecule has 7 rings (SSSR count). The summed E-state index contributed by atoms with van der Waals surface area (Å²) in [6.07, 6.45) is 3.42. The van der Waals surface area contributed by atoms with Crippen molar-refractivity contribution < 1.29 is 19.5 Å². The van der Waals surface area contributed by atoms with Crippen LogP contribution in [0.25, 0.3) is 42.2 Å². The van der Waals surface area contributed by atoms with Gasteiger partial charge in [0, 0.05) is 22.5 Å². The van der Waals surface area contributed by atoms with Gasteiger partial charge in [0.25, 0.3) is 11.8 Å². The zero-order valence-corrected chi connectivity index (χ0v) is 33.1. The van der Waals surface area contributed by atoms with Crippen molar-refractivity contribution in [1.82, 2.24) is 29.9 Å². The lowest BCUT2D eigenvalue weighted by Crippen LogP contribution is -2.44. The van der Waals surface area contributed by atoms with Gasteiger partial charge in [0.1, 0.15) is 15.6 Å². The lowest BCUT2D eigenvalue weighted by atomic mass is 10.0. The second-order valence-corrected chi connectivity index (χ2v) is 19.1. The highest BCUT2D eigenvalue weighted by Crippen LogP contribution is 2.35. The molecule has 0 atom stereocenters. The summed E-state index contributed by atoms with van der Waals surface area (Å²) < 4.78 is 1.86. The standard InChI is InChI=1S/C18H17N5O2S.C16H16Br2N4O2S/c1-18(2,22-10-4-3-5-11(24)8-10)16(25)21-17-20-14-7-6-13-12(9-19-23-13)15(14)26-17;1-15(2,17)12(23)21-14-20-9-5-6-10-8(11(9)25-14)7-19-22(10)13(24)16(3,4)18/h3-9,22,24H,1-2H3,(H,19,23)(H,20,21,25);5-7H,1-4H3,(H,20,21,23). The maximum absolute atomic E-state index is 12.7. The van der Waals surface area contributed by atoms with E-state index in [1.54, 1.807) is 78.2 Å². The molecular formula is C34H33Br2N9O4S2. The quantitative estimate of drug-likeness (QED) is 0.0987. The number of aromatic nitrogens is 6. The molecule has 5 N–H and O–H groups in total. The number of anilines is 3. The number of hydrogen-bond donors (Lipinski definition) is 5. The monoisotopic (exact) mass is 853 g/mol. The third-order valence-electron chi connectivity index (χ3n) is 7.63. The lowest BCUT2D eigenvalue weighted by molar-refractivity contribution is -0.119. The summed E-state index contributed by atoms with van der Waals surface area (Å²) in [4.78, 5) is 46.3. The summed E-state index contributed by atoms with van der Waals surface area (Å²) in [5, 5.41) is 32.5. The molecule has 17 heteroatoms. The number of alkyl halides is 2. The summed E-state index contributed by atoms with van der Waals surface area (Å²) in [6.45, 7) is 10.6. The average Bonchev–Trinajstić information content (AvgIpc) is 3.84. The topological polar surface area (TPSA) is 180 Å². The molecule has 2 amide bonds. The van der Waals surface area contributed by atoms with Crippen LogP contribution >= 0.6 is 54.5 Å². The van der Waals surface area contributed by atoms with Gasteiger partial charge < -0.3 is 15.7 Å². The first-order chi connectivity index (χ1) is 23.9. The van der Waals surface area contributed by atoms with Gasteiger partial charge in [-0.2, -0.15) is 14.9 Å². The van der Waals surface area contributed by atoms with E-state index in [1.807, 2.05) is 24.3 Å². The molecule has 7 aromatic rings. The minimum atomic E-state index is -0.892. The van der Waals surface area contributed by atoms with E-state index in [-0.39, 0.29) is 23.5 Å². The van der Waals surface area contributed by atoms with Crippen LogP contribution in [0, 0.1) is 0 Å². The van der Waals surface area contributed by atoms with E-state index in [9.17, 15) is 19.5 Å². The van der Waals surface area contributed by atoms with Gasteiger partial charge in [0.15, 0.2) is 10.3 Å². The number of fused-ring (bicyclic) bond motifs is 6. The number of nitrogens with one attached hydrogen (secondary N) is 4. The molecule has 0 aliphatic heterocycles.